The molecular formula is C22H20N2O5S. The van der Waals surface area contributed by atoms with Crippen molar-refractivity contribution in [2.24, 2.45) is 0 Å². The molecule has 0 fully saturated rings. The second-order valence-electron chi connectivity index (χ2n) is 6.66. The lowest BCUT2D eigenvalue weighted by Crippen LogP contribution is -2.14. The summed E-state index contributed by atoms with van der Waals surface area (Å²) in [7, 11) is -3.81. The summed E-state index contributed by atoms with van der Waals surface area (Å²) in [5.41, 5.74) is 1.47. The van der Waals surface area contributed by atoms with Crippen molar-refractivity contribution in [2.75, 3.05) is 23.3 Å². The lowest BCUT2D eigenvalue weighted by atomic mass is 10.2. The SMILES string of the molecule is O=C(Nc1ccc(NS(=O)(=O)c2ccc3c(c2)OCCCO3)cc1)c1ccccc1. The Morgan fingerprint density at radius 1 is 0.800 bits per heavy atom. The molecule has 0 aromatic heterocycles. The number of carbonyl (C=O) groups is 1. The molecule has 0 saturated carbocycles. The summed E-state index contributed by atoms with van der Waals surface area (Å²) in [6.07, 6.45) is 0.738. The highest BCUT2D eigenvalue weighted by Gasteiger charge is 2.19. The van der Waals surface area contributed by atoms with Gasteiger partial charge in [-0.2, -0.15) is 0 Å². The zero-order valence-corrected chi connectivity index (χ0v) is 16.8. The minimum absolute atomic E-state index is 0.0770. The minimum Gasteiger partial charge on any atom is -0.490 e. The molecule has 0 radical (unpaired) electrons. The van der Waals surface area contributed by atoms with Crippen LogP contribution in [0.1, 0.15) is 16.8 Å². The molecule has 0 atom stereocenters. The largest absolute Gasteiger partial charge is 0.490 e. The van der Waals surface area contributed by atoms with Crippen LogP contribution >= 0.6 is 0 Å². The predicted molar refractivity (Wildman–Crippen MR) is 114 cm³/mol. The van der Waals surface area contributed by atoms with Gasteiger partial charge in [-0.1, -0.05) is 18.2 Å². The lowest BCUT2D eigenvalue weighted by Gasteiger charge is -2.12. The fourth-order valence-electron chi connectivity index (χ4n) is 2.94. The number of hydrogen-bond donors (Lipinski definition) is 2. The zero-order chi connectivity index (χ0) is 21.0. The van der Waals surface area contributed by atoms with Crippen LogP contribution < -0.4 is 19.5 Å². The van der Waals surface area contributed by atoms with E-state index in [1.807, 2.05) is 6.07 Å². The predicted octanol–water partition coefficient (Wildman–Crippen LogP) is 3.90. The fourth-order valence-corrected chi connectivity index (χ4v) is 4.01. The van der Waals surface area contributed by atoms with Crippen LogP contribution in [0.25, 0.3) is 0 Å². The first-order valence-corrected chi connectivity index (χ1v) is 10.9. The van der Waals surface area contributed by atoms with Crippen molar-refractivity contribution >= 4 is 27.3 Å². The zero-order valence-electron chi connectivity index (χ0n) is 16.0. The van der Waals surface area contributed by atoms with Gasteiger partial charge in [-0.15, -0.1) is 0 Å². The average Bonchev–Trinajstić information content (AvgIpc) is 3.00. The summed E-state index contributed by atoms with van der Waals surface area (Å²) in [6.45, 7) is 1.00. The summed E-state index contributed by atoms with van der Waals surface area (Å²) in [5, 5.41) is 2.77. The molecule has 154 valence electrons. The number of rotatable bonds is 5. The van der Waals surface area contributed by atoms with Gasteiger partial charge in [0.15, 0.2) is 11.5 Å². The second kappa shape index (κ2) is 8.46. The van der Waals surface area contributed by atoms with E-state index in [4.69, 9.17) is 9.47 Å². The molecule has 0 aliphatic carbocycles. The molecule has 1 aliphatic heterocycles. The van der Waals surface area contributed by atoms with Crippen LogP contribution in [0.4, 0.5) is 11.4 Å². The first-order valence-electron chi connectivity index (χ1n) is 9.40. The van der Waals surface area contributed by atoms with Crippen LogP contribution in [0, 0.1) is 0 Å². The molecule has 30 heavy (non-hydrogen) atoms. The quantitative estimate of drug-likeness (QED) is 0.648. The van der Waals surface area contributed by atoms with Crippen LogP contribution in [-0.4, -0.2) is 27.5 Å². The third-order valence-electron chi connectivity index (χ3n) is 4.46. The summed E-state index contributed by atoms with van der Waals surface area (Å²) >= 11 is 0. The van der Waals surface area contributed by atoms with E-state index in [2.05, 4.69) is 10.0 Å². The van der Waals surface area contributed by atoms with Crippen molar-refractivity contribution in [1.82, 2.24) is 0 Å². The van der Waals surface area contributed by atoms with Crippen LogP contribution in [0.5, 0.6) is 11.5 Å². The third-order valence-corrected chi connectivity index (χ3v) is 5.84. The molecule has 0 spiro atoms. The first kappa shape index (κ1) is 19.8. The summed E-state index contributed by atoms with van der Waals surface area (Å²) < 4.78 is 39.1. The van der Waals surface area contributed by atoms with Gasteiger partial charge in [-0.25, -0.2) is 8.42 Å². The number of carbonyl (C=O) groups excluding carboxylic acids is 1. The Bertz CT molecular complexity index is 1150. The van der Waals surface area contributed by atoms with E-state index in [9.17, 15) is 13.2 Å². The standard InChI is InChI=1S/C22H20N2O5S/c25-22(16-5-2-1-3-6-16)23-17-7-9-18(10-8-17)24-30(26,27)19-11-12-20-21(15-19)29-14-4-13-28-20/h1-3,5-12,15,24H,4,13-14H2,(H,23,25). The molecule has 2 N–H and O–H groups in total. The number of hydrogen-bond acceptors (Lipinski definition) is 5. The minimum atomic E-state index is -3.81. The van der Waals surface area contributed by atoms with E-state index in [1.165, 1.54) is 12.1 Å². The monoisotopic (exact) mass is 424 g/mol. The Balaban J connectivity index is 1.46. The van der Waals surface area contributed by atoms with E-state index >= 15 is 0 Å². The molecule has 1 aliphatic rings. The summed E-state index contributed by atoms with van der Waals surface area (Å²) in [5.74, 6) is 0.704. The number of fused-ring (bicyclic) bond motifs is 1. The molecule has 8 heteroatoms. The summed E-state index contributed by atoms with van der Waals surface area (Å²) in [6, 6.07) is 19.8. The molecule has 0 bridgehead atoms. The van der Waals surface area contributed by atoms with Gasteiger partial charge in [0.1, 0.15) is 0 Å². The molecule has 0 unspecified atom stereocenters. The Labute approximate surface area is 174 Å². The first-order chi connectivity index (χ1) is 14.5. The second-order valence-corrected chi connectivity index (χ2v) is 8.34. The Kier molecular flexibility index (Phi) is 5.58. The molecule has 0 saturated heterocycles. The van der Waals surface area contributed by atoms with Crippen molar-refractivity contribution in [2.45, 2.75) is 11.3 Å². The third kappa shape index (κ3) is 4.55. The van der Waals surface area contributed by atoms with Crippen molar-refractivity contribution in [3.8, 4) is 11.5 Å². The van der Waals surface area contributed by atoms with Crippen LogP contribution in [-0.2, 0) is 10.0 Å². The average molecular weight is 424 g/mol. The number of nitrogens with one attached hydrogen (secondary N) is 2. The smallest absolute Gasteiger partial charge is 0.262 e. The van der Waals surface area contributed by atoms with Gasteiger partial charge in [0, 0.05) is 29.4 Å². The Morgan fingerprint density at radius 2 is 1.47 bits per heavy atom. The highest BCUT2D eigenvalue weighted by molar-refractivity contribution is 7.92. The molecule has 1 amide bonds. The molecule has 3 aromatic carbocycles. The number of amides is 1. The van der Waals surface area contributed by atoms with Crippen molar-refractivity contribution in [3.05, 3.63) is 78.4 Å². The van der Waals surface area contributed by atoms with Crippen molar-refractivity contribution in [1.29, 1.82) is 0 Å². The van der Waals surface area contributed by atoms with Crippen molar-refractivity contribution < 1.29 is 22.7 Å². The highest BCUT2D eigenvalue weighted by Crippen LogP contribution is 2.32. The van der Waals surface area contributed by atoms with Gasteiger partial charge < -0.3 is 14.8 Å². The Hall–Kier alpha value is -3.52. The molecule has 1 heterocycles. The van der Waals surface area contributed by atoms with E-state index in [-0.39, 0.29) is 10.8 Å². The van der Waals surface area contributed by atoms with Gasteiger partial charge in [0.05, 0.1) is 18.1 Å². The number of ether oxygens (including phenoxy) is 2. The maximum Gasteiger partial charge on any atom is 0.262 e. The van der Waals surface area contributed by atoms with Crippen LogP contribution in [0.15, 0.2) is 77.7 Å². The molecule has 4 rings (SSSR count). The normalized spacial score (nSPS) is 13.2. The van der Waals surface area contributed by atoms with Crippen molar-refractivity contribution in [3.63, 3.8) is 0 Å². The van der Waals surface area contributed by atoms with Gasteiger partial charge in [0.2, 0.25) is 0 Å². The number of sulfonamides is 1. The molecule has 3 aromatic rings. The summed E-state index contributed by atoms with van der Waals surface area (Å²) in [4.78, 5) is 12.3. The fraction of sp³-hybridized carbons (Fsp3) is 0.136. The lowest BCUT2D eigenvalue weighted by molar-refractivity contribution is 0.102. The van der Waals surface area contributed by atoms with Gasteiger partial charge in [-0.3, -0.25) is 9.52 Å². The van der Waals surface area contributed by atoms with Gasteiger partial charge in [0.25, 0.3) is 15.9 Å². The number of benzene rings is 3. The molecule has 7 nitrogen and oxygen atoms in total. The van der Waals surface area contributed by atoms with E-state index < -0.39 is 10.0 Å². The van der Waals surface area contributed by atoms with Gasteiger partial charge in [-0.05, 0) is 48.5 Å². The highest BCUT2D eigenvalue weighted by atomic mass is 32.2. The maximum atomic E-state index is 12.7. The maximum absolute atomic E-state index is 12.7. The Morgan fingerprint density at radius 3 is 2.20 bits per heavy atom. The van der Waals surface area contributed by atoms with E-state index in [0.717, 1.165) is 6.42 Å². The van der Waals surface area contributed by atoms with E-state index in [0.29, 0.717) is 41.7 Å². The van der Waals surface area contributed by atoms with E-state index in [1.54, 1.807) is 54.6 Å². The number of anilines is 2. The van der Waals surface area contributed by atoms with Crippen LogP contribution in [0.3, 0.4) is 0 Å². The van der Waals surface area contributed by atoms with Gasteiger partial charge >= 0.3 is 0 Å². The molecular weight excluding hydrogens is 404 g/mol. The topological polar surface area (TPSA) is 93.7 Å². The van der Waals surface area contributed by atoms with Crippen LogP contribution in [0.2, 0.25) is 0 Å².